The molecule has 1 rings (SSSR count). The van der Waals surface area contributed by atoms with Crippen molar-refractivity contribution in [3.63, 3.8) is 0 Å². The Labute approximate surface area is 232 Å². The van der Waals surface area contributed by atoms with Crippen LogP contribution in [0.25, 0.3) is 0 Å². The molecule has 10 heteroatoms. The van der Waals surface area contributed by atoms with Gasteiger partial charge in [0.25, 0.3) is 0 Å². The molecule has 0 bridgehead atoms. The number of aliphatic hydroxyl groups is 1. The Hall–Kier alpha value is -3.14. The van der Waals surface area contributed by atoms with Crippen LogP contribution in [0.4, 0.5) is 4.79 Å². The van der Waals surface area contributed by atoms with Gasteiger partial charge in [0, 0.05) is 6.54 Å². The Morgan fingerprint density at radius 1 is 1.03 bits per heavy atom. The first-order valence-electron chi connectivity index (χ1n) is 13.7. The minimum Gasteiger partial charge on any atom is -0.468 e. The lowest BCUT2D eigenvalue weighted by atomic mass is 9.94. The molecule has 2 atom stereocenters. The number of rotatable bonds is 15. The Kier molecular flexibility index (Phi) is 14.5. The van der Waals surface area contributed by atoms with Crippen molar-refractivity contribution in [2.45, 2.75) is 97.8 Å². The molecule has 1 aromatic rings. The first-order valence-corrected chi connectivity index (χ1v) is 13.7. The third-order valence-electron chi connectivity index (χ3n) is 6.34. The van der Waals surface area contributed by atoms with Crippen molar-refractivity contribution >= 4 is 23.9 Å². The number of amides is 3. The van der Waals surface area contributed by atoms with Gasteiger partial charge in [-0.3, -0.25) is 14.4 Å². The summed E-state index contributed by atoms with van der Waals surface area (Å²) in [4.78, 5) is 53.1. The van der Waals surface area contributed by atoms with Crippen molar-refractivity contribution in [2.75, 3.05) is 26.8 Å². The summed E-state index contributed by atoms with van der Waals surface area (Å²) in [6.45, 7) is 10.1. The van der Waals surface area contributed by atoms with Crippen LogP contribution in [0.2, 0.25) is 0 Å². The maximum absolute atomic E-state index is 13.9. The summed E-state index contributed by atoms with van der Waals surface area (Å²) >= 11 is 0. The zero-order valence-electron chi connectivity index (χ0n) is 24.6. The van der Waals surface area contributed by atoms with E-state index in [1.807, 2.05) is 19.9 Å². The second-order valence-electron chi connectivity index (χ2n) is 10.7. The molecule has 3 amide bonds. The highest BCUT2D eigenvalue weighted by atomic mass is 16.6. The number of ether oxygens (including phenoxy) is 2. The summed E-state index contributed by atoms with van der Waals surface area (Å²) in [5, 5.41) is 15.1. The number of esters is 1. The molecular formula is C29H47N3O7. The molecular weight excluding hydrogens is 502 g/mol. The molecule has 0 heterocycles. The summed E-state index contributed by atoms with van der Waals surface area (Å²) < 4.78 is 9.94. The molecule has 0 aromatic heterocycles. The first kappa shape index (κ1) is 33.9. The van der Waals surface area contributed by atoms with Gasteiger partial charge >= 0.3 is 12.1 Å². The third kappa shape index (κ3) is 11.6. The highest BCUT2D eigenvalue weighted by molar-refractivity contribution is 5.93. The second kappa shape index (κ2) is 16.7. The number of nitrogens with one attached hydrogen (secondary N) is 2. The highest BCUT2D eigenvalue weighted by Crippen LogP contribution is 2.28. The molecule has 0 aliphatic rings. The van der Waals surface area contributed by atoms with Gasteiger partial charge in [-0.05, 0) is 57.7 Å². The van der Waals surface area contributed by atoms with E-state index in [0.29, 0.717) is 12.0 Å². The first-order chi connectivity index (χ1) is 18.4. The Morgan fingerprint density at radius 3 is 2.26 bits per heavy atom. The van der Waals surface area contributed by atoms with Crippen LogP contribution in [0.5, 0.6) is 0 Å². The molecule has 220 valence electrons. The van der Waals surface area contributed by atoms with Gasteiger partial charge in [0.15, 0.2) is 0 Å². The lowest BCUT2D eigenvalue weighted by Gasteiger charge is -2.35. The quantitative estimate of drug-likeness (QED) is 0.224. The minimum absolute atomic E-state index is 0.209. The van der Waals surface area contributed by atoms with Gasteiger partial charge in [0.2, 0.25) is 11.8 Å². The van der Waals surface area contributed by atoms with Gasteiger partial charge in [-0.2, -0.15) is 0 Å². The Bertz CT molecular complexity index is 959. The van der Waals surface area contributed by atoms with Gasteiger partial charge < -0.3 is 30.1 Å². The van der Waals surface area contributed by atoms with Gasteiger partial charge in [-0.15, -0.1) is 0 Å². The second-order valence-corrected chi connectivity index (χ2v) is 10.7. The lowest BCUT2D eigenvalue weighted by molar-refractivity contribution is -0.145. The predicted molar refractivity (Wildman–Crippen MR) is 149 cm³/mol. The van der Waals surface area contributed by atoms with Gasteiger partial charge in [-0.1, -0.05) is 57.2 Å². The predicted octanol–water partition coefficient (Wildman–Crippen LogP) is 3.71. The fraction of sp³-hybridized carbons (Fsp3) is 0.655. The average Bonchev–Trinajstić information content (AvgIpc) is 2.87. The fourth-order valence-electron chi connectivity index (χ4n) is 4.11. The number of unbranched alkanes of at least 4 members (excludes halogenated alkanes) is 5. The molecule has 1 aromatic carbocycles. The summed E-state index contributed by atoms with van der Waals surface area (Å²) in [6.07, 6.45) is 4.89. The van der Waals surface area contributed by atoms with Crippen LogP contribution in [-0.4, -0.2) is 72.3 Å². The standard InChI is InChI=1S/C29H47N3O7/c1-8-9-10-11-12-13-17-32(27(36)23(19-33)31-28(37)39-29(4,5)6)25(26(35)30-18-24(34)38-7)22-16-14-15-20(2)21(22)3/h14-16,23,25,33H,8-13,17-19H2,1-7H3,(H,30,35)(H,31,37). The molecule has 0 saturated heterocycles. The SMILES string of the molecule is CCCCCCCCN(C(=O)C(CO)NC(=O)OC(C)(C)C)C(C(=O)NCC(=O)OC)c1cccc(C)c1C. The lowest BCUT2D eigenvalue weighted by Crippen LogP contribution is -2.55. The number of carbonyl (C=O) groups is 4. The van der Waals surface area contributed by atoms with E-state index in [0.717, 1.165) is 43.2 Å². The van der Waals surface area contributed by atoms with Crippen LogP contribution in [0, 0.1) is 13.8 Å². The van der Waals surface area contributed by atoms with E-state index in [4.69, 9.17) is 4.74 Å². The van der Waals surface area contributed by atoms with E-state index in [9.17, 15) is 24.3 Å². The molecule has 10 nitrogen and oxygen atoms in total. The summed E-state index contributed by atoms with van der Waals surface area (Å²) in [5.41, 5.74) is 1.53. The third-order valence-corrected chi connectivity index (χ3v) is 6.34. The summed E-state index contributed by atoms with van der Waals surface area (Å²) in [6, 6.07) is 3.03. The number of hydrogen-bond donors (Lipinski definition) is 3. The van der Waals surface area contributed by atoms with Gasteiger partial charge in [0.05, 0.1) is 13.7 Å². The zero-order valence-corrected chi connectivity index (χ0v) is 24.6. The van der Waals surface area contributed by atoms with Gasteiger partial charge in [-0.25, -0.2) is 4.79 Å². The van der Waals surface area contributed by atoms with E-state index in [1.54, 1.807) is 32.9 Å². The molecule has 0 radical (unpaired) electrons. The van der Waals surface area contributed by atoms with Crippen LogP contribution in [-0.2, 0) is 23.9 Å². The largest absolute Gasteiger partial charge is 0.468 e. The molecule has 0 fully saturated rings. The number of carbonyl (C=O) groups excluding carboxylic acids is 4. The number of methoxy groups -OCH3 is 1. The average molecular weight is 550 g/mol. The Morgan fingerprint density at radius 2 is 1.67 bits per heavy atom. The summed E-state index contributed by atoms with van der Waals surface area (Å²) in [7, 11) is 1.22. The van der Waals surface area contributed by atoms with Crippen LogP contribution in [0.1, 0.15) is 89.0 Å². The van der Waals surface area contributed by atoms with E-state index in [-0.39, 0.29) is 13.1 Å². The molecule has 2 unspecified atom stereocenters. The van der Waals surface area contributed by atoms with Crippen LogP contribution < -0.4 is 10.6 Å². The van der Waals surface area contributed by atoms with E-state index in [2.05, 4.69) is 22.3 Å². The van der Waals surface area contributed by atoms with Crippen molar-refractivity contribution in [1.82, 2.24) is 15.5 Å². The maximum Gasteiger partial charge on any atom is 0.408 e. The molecule has 0 aliphatic heterocycles. The molecule has 39 heavy (non-hydrogen) atoms. The van der Waals surface area contributed by atoms with Crippen molar-refractivity contribution in [1.29, 1.82) is 0 Å². The number of aryl methyl sites for hydroxylation is 1. The normalized spacial score (nSPS) is 12.7. The Balaban J connectivity index is 3.43. The van der Waals surface area contributed by atoms with Crippen molar-refractivity contribution < 1.29 is 33.8 Å². The zero-order chi connectivity index (χ0) is 29.6. The van der Waals surface area contributed by atoms with Crippen molar-refractivity contribution in [2.24, 2.45) is 0 Å². The van der Waals surface area contributed by atoms with Crippen LogP contribution >= 0.6 is 0 Å². The smallest absolute Gasteiger partial charge is 0.408 e. The summed E-state index contributed by atoms with van der Waals surface area (Å²) in [5.74, 6) is -1.82. The van der Waals surface area contributed by atoms with Gasteiger partial charge in [0.1, 0.15) is 24.2 Å². The van der Waals surface area contributed by atoms with Crippen molar-refractivity contribution in [3.05, 3.63) is 34.9 Å². The van der Waals surface area contributed by atoms with E-state index >= 15 is 0 Å². The molecule has 0 aliphatic carbocycles. The van der Waals surface area contributed by atoms with E-state index in [1.165, 1.54) is 12.0 Å². The van der Waals surface area contributed by atoms with Crippen LogP contribution in [0.3, 0.4) is 0 Å². The van der Waals surface area contributed by atoms with Crippen LogP contribution in [0.15, 0.2) is 18.2 Å². The molecule has 0 saturated carbocycles. The molecule has 0 spiro atoms. The molecule has 3 N–H and O–H groups in total. The number of benzene rings is 1. The van der Waals surface area contributed by atoms with Crippen molar-refractivity contribution in [3.8, 4) is 0 Å². The number of hydrogen-bond acceptors (Lipinski definition) is 7. The fourth-order valence-corrected chi connectivity index (χ4v) is 4.11. The number of aliphatic hydroxyl groups excluding tert-OH is 1. The topological polar surface area (TPSA) is 134 Å². The number of alkyl carbamates (subject to hydrolysis) is 1. The highest BCUT2D eigenvalue weighted by Gasteiger charge is 2.36. The maximum atomic E-state index is 13.9. The van der Waals surface area contributed by atoms with E-state index < -0.39 is 48.2 Å². The number of nitrogens with zero attached hydrogens (tertiary/aromatic N) is 1. The monoisotopic (exact) mass is 549 g/mol. The minimum atomic E-state index is -1.33.